The molecule has 2 heteroatoms. The van der Waals surface area contributed by atoms with Crippen LogP contribution in [0, 0.1) is 0 Å². The quantitative estimate of drug-likeness (QED) is 0.142. The summed E-state index contributed by atoms with van der Waals surface area (Å²) in [6, 6.07) is 65.1. The van der Waals surface area contributed by atoms with E-state index in [9.17, 15) is 0 Å². The average Bonchev–Trinajstić information content (AvgIpc) is 3.20. The van der Waals surface area contributed by atoms with Crippen molar-refractivity contribution in [2.24, 2.45) is 0 Å². The van der Waals surface area contributed by atoms with Gasteiger partial charge in [-0.2, -0.15) is 0 Å². The van der Waals surface area contributed by atoms with Crippen LogP contribution in [0.5, 0.6) is 0 Å². The molecule has 0 N–H and O–H groups in total. The van der Waals surface area contributed by atoms with Gasteiger partial charge in [0.1, 0.15) is 0 Å². The van der Waals surface area contributed by atoms with Crippen LogP contribution in [-0.2, 0) is 0 Å². The van der Waals surface area contributed by atoms with E-state index in [-0.39, 0.29) is 0 Å². The van der Waals surface area contributed by atoms with Gasteiger partial charge in [-0.05, 0) is 83.2 Å². The van der Waals surface area contributed by atoms with Crippen molar-refractivity contribution in [3.63, 3.8) is 0 Å². The predicted molar refractivity (Wildman–Crippen MR) is 211 cm³/mol. The Labute approximate surface area is 290 Å². The molecule has 232 valence electrons. The molecule has 0 saturated carbocycles. The fourth-order valence-electron chi connectivity index (χ4n) is 7.65. The zero-order chi connectivity index (χ0) is 33.0. The maximum atomic E-state index is 5.28. The highest BCUT2D eigenvalue weighted by Crippen LogP contribution is 2.40. The van der Waals surface area contributed by atoms with Gasteiger partial charge in [0, 0.05) is 16.7 Å². The Morgan fingerprint density at radius 1 is 0.280 bits per heavy atom. The van der Waals surface area contributed by atoms with Crippen LogP contribution in [0.1, 0.15) is 0 Å². The van der Waals surface area contributed by atoms with E-state index in [2.05, 4.69) is 176 Å². The number of benzene rings is 9. The Morgan fingerprint density at radius 2 is 0.840 bits per heavy atom. The second-order valence-corrected chi connectivity index (χ2v) is 13.0. The molecule has 0 amide bonds. The first-order chi connectivity index (χ1) is 24.8. The molecule has 2 nitrogen and oxygen atoms in total. The largest absolute Gasteiger partial charge is 0.228 e. The monoisotopic (exact) mass is 634 g/mol. The number of fused-ring (bicyclic) bond motifs is 7. The first-order valence-corrected chi connectivity index (χ1v) is 17.1. The van der Waals surface area contributed by atoms with E-state index >= 15 is 0 Å². The van der Waals surface area contributed by atoms with Crippen molar-refractivity contribution in [1.29, 1.82) is 0 Å². The lowest BCUT2D eigenvalue weighted by atomic mass is 9.89. The number of hydrogen-bond acceptors (Lipinski definition) is 2. The minimum Gasteiger partial charge on any atom is -0.228 e. The summed E-state index contributed by atoms with van der Waals surface area (Å²) in [6.07, 6.45) is 0. The summed E-state index contributed by atoms with van der Waals surface area (Å²) in [7, 11) is 0. The lowest BCUT2D eigenvalue weighted by Gasteiger charge is -2.15. The molecule has 0 unspecified atom stereocenters. The van der Waals surface area contributed by atoms with Crippen molar-refractivity contribution in [2.75, 3.05) is 0 Å². The van der Waals surface area contributed by atoms with Crippen molar-refractivity contribution in [3.05, 3.63) is 182 Å². The van der Waals surface area contributed by atoms with Gasteiger partial charge >= 0.3 is 0 Å². The zero-order valence-corrected chi connectivity index (χ0v) is 27.2. The predicted octanol–water partition coefficient (Wildman–Crippen LogP) is 12.9. The Morgan fingerprint density at radius 3 is 1.60 bits per heavy atom. The van der Waals surface area contributed by atoms with Crippen molar-refractivity contribution < 1.29 is 0 Å². The Hall–Kier alpha value is -6.64. The minimum absolute atomic E-state index is 0.707. The lowest BCUT2D eigenvalue weighted by Crippen LogP contribution is -1.97. The van der Waals surface area contributed by atoms with E-state index in [0.717, 1.165) is 28.1 Å². The fourth-order valence-corrected chi connectivity index (χ4v) is 7.65. The molecule has 0 fully saturated rings. The summed E-state index contributed by atoms with van der Waals surface area (Å²) in [6.45, 7) is 0. The molecule has 0 spiro atoms. The van der Waals surface area contributed by atoms with Crippen LogP contribution in [0.4, 0.5) is 0 Å². The molecule has 0 aliphatic heterocycles. The van der Waals surface area contributed by atoms with Crippen LogP contribution < -0.4 is 0 Å². The van der Waals surface area contributed by atoms with Crippen LogP contribution in [0.3, 0.4) is 0 Å². The number of aromatic nitrogens is 2. The summed E-state index contributed by atoms with van der Waals surface area (Å²) in [4.78, 5) is 10.4. The molecule has 0 radical (unpaired) electrons. The number of nitrogens with zero attached hydrogens (tertiary/aromatic N) is 2. The molecule has 0 aliphatic rings. The molecule has 1 aromatic heterocycles. The second-order valence-electron chi connectivity index (χ2n) is 13.0. The Kier molecular flexibility index (Phi) is 6.53. The van der Waals surface area contributed by atoms with E-state index in [4.69, 9.17) is 9.97 Å². The maximum Gasteiger partial charge on any atom is 0.160 e. The van der Waals surface area contributed by atoms with Crippen LogP contribution >= 0.6 is 0 Å². The fraction of sp³-hybridized carbons (Fsp3) is 0. The van der Waals surface area contributed by atoms with E-state index < -0.39 is 0 Å². The highest BCUT2D eigenvalue weighted by Gasteiger charge is 2.16. The summed E-state index contributed by atoms with van der Waals surface area (Å²) < 4.78 is 0. The van der Waals surface area contributed by atoms with E-state index in [1.807, 2.05) is 6.07 Å². The summed E-state index contributed by atoms with van der Waals surface area (Å²) in [5, 5.41) is 12.4. The Bertz CT molecular complexity index is 2910. The molecule has 9 aromatic carbocycles. The van der Waals surface area contributed by atoms with Gasteiger partial charge < -0.3 is 0 Å². The molecule has 0 bridgehead atoms. The molecule has 10 rings (SSSR count). The topological polar surface area (TPSA) is 25.8 Å². The van der Waals surface area contributed by atoms with Crippen LogP contribution in [0.15, 0.2) is 182 Å². The van der Waals surface area contributed by atoms with Crippen LogP contribution in [-0.4, -0.2) is 9.97 Å². The van der Waals surface area contributed by atoms with Gasteiger partial charge in [-0.3, -0.25) is 0 Å². The summed E-state index contributed by atoms with van der Waals surface area (Å²) >= 11 is 0. The smallest absolute Gasteiger partial charge is 0.160 e. The maximum absolute atomic E-state index is 5.28. The molecular formula is C48H30N2. The molecule has 0 atom stereocenters. The molecule has 10 aromatic rings. The van der Waals surface area contributed by atoms with Gasteiger partial charge in [0.25, 0.3) is 0 Å². The molecule has 0 aliphatic carbocycles. The van der Waals surface area contributed by atoms with Crippen molar-refractivity contribution in [1.82, 2.24) is 9.97 Å². The minimum atomic E-state index is 0.707. The Balaban J connectivity index is 1.17. The lowest BCUT2D eigenvalue weighted by molar-refractivity contribution is 1.19. The van der Waals surface area contributed by atoms with Crippen molar-refractivity contribution >= 4 is 53.9 Å². The third-order valence-electron chi connectivity index (χ3n) is 10.0. The SMILES string of the molecule is c1ccc(-c2cc(-c3cc4ccccc4c4ccccc34)nc(-c3ccc(-c4c5ccccc5cc5c4ccc4ccccc45)cc3)n2)cc1. The van der Waals surface area contributed by atoms with E-state index in [1.54, 1.807) is 0 Å². The average molecular weight is 635 g/mol. The van der Waals surface area contributed by atoms with E-state index in [1.165, 1.54) is 65.0 Å². The van der Waals surface area contributed by atoms with Gasteiger partial charge in [0.15, 0.2) is 5.82 Å². The van der Waals surface area contributed by atoms with Gasteiger partial charge in [-0.1, -0.05) is 164 Å². The number of hydrogen-bond donors (Lipinski definition) is 0. The summed E-state index contributed by atoms with van der Waals surface area (Å²) in [5.41, 5.74) is 7.38. The van der Waals surface area contributed by atoms with Crippen LogP contribution in [0.25, 0.3) is 98.9 Å². The summed E-state index contributed by atoms with van der Waals surface area (Å²) in [5.74, 6) is 0.707. The highest BCUT2D eigenvalue weighted by atomic mass is 14.9. The zero-order valence-electron chi connectivity index (χ0n) is 27.2. The molecule has 1 heterocycles. The normalized spacial score (nSPS) is 11.6. The van der Waals surface area contributed by atoms with Crippen molar-refractivity contribution in [3.8, 4) is 45.0 Å². The van der Waals surface area contributed by atoms with Crippen molar-refractivity contribution in [2.45, 2.75) is 0 Å². The first-order valence-electron chi connectivity index (χ1n) is 17.1. The molecular weight excluding hydrogens is 605 g/mol. The standard InChI is InChI=1S/C48H30N2/c1-2-13-32(14-3-1)45-30-46(44-29-35-15-5-8-18-38(35)40-20-10-11-21-41(40)44)50-48(49-45)34-24-22-33(23-25-34)47-39-19-9-6-16-36(39)28-43-37-17-7-4-12-31(37)26-27-42(43)47/h1-30H. The second kappa shape index (κ2) is 11.5. The third-order valence-corrected chi connectivity index (χ3v) is 10.0. The molecule has 0 saturated heterocycles. The highest BCUT2D eigenvalue weighted by molar-refractivity contribution is 6.20. The van der Waals surface area contributed by atoms with Gasteiger partial charge in [0.05, 0.1) is 11.4 Å². The van der Waals surface area contributed by atoms with Gasteiger partial charge in [0.2, 0.25) is 0 Å². The third kappa shape index (κ3) is 4.65. The van der Waals surface area contributed by atoms with Gasteiger partial charge in [-0.25, -0.2) is 9.97 Å². The van der Waals surface area contributed by atoms with Crippen LogP contribution in [0.2, 0.25) is 0 Å². The molecule has 50 heavy (non-hydrogen) atoms. The van der Waals surface area contributed by atoms with Gasteiger partial charge in [-0.15, -0.1) is 0 Å². The first kappa shape index (κ1) is 28.4. The van der Waals surface area contributed by atoms with E-state index in [0.29, 0.717) is 5.82 Å². The number of rotatable bonds is 4.